The fourth-order valence-electron chi connectivity index (χ4n) is 2.96. The summed E-state index contributed by atoms with van der Waals surface area (Å²) < 4.78 is 55.9. The maximum Gasteiger partial charge on any atom is 0.416 e. The third-order valence-electron chi connectivity index (χ3n) is 4.46. The van der Waals surface area contributed by atoms with Crippen molar-refractivity contribution in [1.82, 2.24) is 10.6 Å². The van der Waals surface area contributed by atoms with E-state index >= 15 is 0 Å². The molecule has 0 aromatic heterocycles. The predicted octanol–water partition coefficient (Wildman–Crippen LogP) is 3.97. The van der Waals surface area contributed by atoms with Crippen LogP contribution in [0.25, 0.3) is 0 Å². The number of guanidine groups is 1. The number of aliphatic imine (C=N–C) groups is 1. The van der Waals surface area contributed by atoms with Crippen molar-refractivity contribution in [2.75, 3.05) is 40.0 Å². The highest BCUT2D eigenvalue weighted by Gasteiger charge is 2.33. The van der Waals surface area contributed by atoms with E-state index in [2.05, 4.69) is 15.6 Å². The van der Waals surface area contributed by atoms with E-state index in [9.17, 15) is 13.2 Å². The first-order valence-electron chi connectivity index (χ1n) is 9.89. The van der Waals surface area contributed by atoms with Gasteiger partial charge in [-0.25, -0.2) is 4.99 Å². The van der Waals surface area contributed by atoms with Crippen LogP contribution >= 0.6 is 24.0 Å². The zero-order chi connectivity index (χ0) is 21.1. The number of halogens is 4. The van der Waals surface area contributed by atoms with Gasteiger partial charge in [0.2, 0.25) is 0 Å². The van der Waals surface area contributed by atoms with Gasteiger partial charge in [-0.15, -0.1) is 24.0 Å². The van der Waals surface area contributed by atoms with Gasteiger partial charge in [-0.3, -0.25) is 0 Å². The van der Waals surface area contributed by atoms with Crippen LogP contribution in [0.5, 0.6) is 5.75 Å². The van der Waals surface area contributed by atoms with Crippen LogP contribution in [0.4, 0.5) is 13.2 Å². The van der Waals surface area contributed by atoms with Gasteiger partial charge in [0.25, 0.3) is 0 Å². The molecule has 172 valence electrons. The summed E-state index contributed by atoms with van der Waals surface area (Å²) in [6.45, 7) is 5.01. The standard InChI is InChI=1S/C20H30F3N3O3.HI/c1-3-24-19(25-9-5-10-28-14-17-6-4-11-29-17)26-13-15-7-8-16(27-2)12-18(15)20(21,22)23;/h7-8,12,17H,3-6,9-11,13-14H2,1-2H3,(H2,24,25,26);1H. The first-order valence-corrected chi connectivity index (χ1v) is 9.89. The van der Waals surface area contributed by atoms with Gasteiger partial charge in [0.1, 0.15) is 5.75 Å². The Kier molecular flexibility index (Phi) is 12.4. The number of ether oxygens (including phenoxy) is 3. The van der Waals surface area contributed by atoms with Gasteiger partial charge in [-0.1, -0.05) is 6.07 Å². The molecule has 0 bridgehead atoms. The normalized spacial score (nSPS) is 16.8. The topological polar surface area (TPSA) is 64.1 Å². The Labute approximate surface area is 193 Å². The molecule has 0 amide bonds. The number of nitrogens with one attached hydrogen (secondary N) is 2. The summed E-state index contributed by atoms with van der Waals surface area (Å²) in [5.74, 6) is 0.633. The van der Waals surface area contributed by atoms with E-state index in [0.29, 0.717) is 32.3 Å². The van der Waals surface area contributed by atoms with E-state index in [4.69, 9.17) is 14.2 Å². The minimum absolute atomic E-state index is 0. The Morgan fingerprint density at radius 3 is 2.73 bits per heavy atom. The van der Waals surface area contributed by atoms with Gasteiger partial charge in [0, 0.05) is 26.3 Å². The van der Waals surface area contributed by atoms with Gasteiger partial charge in [-0.05, 0) is 43.9 Å². The number of nitrogens with zero attached hydrogens (tertiary/aromatic N) is 1. The fourth-order valence-corrected chi connectivity index (χ4v) is 2.96. The van der Waals surface area contributed by atoms with Gasteiger partial charge in [0.05, 0.1) is 31.9 Å². The molecule has 2 rings (SSSR count). The summed E-state index contributed by atoms with van der Waals surface area (Å²) in [6.07, 6.45) is -1.38. The smallest absolute Gasteiger partial charge is 0.416 e. The number of benzene rings is 1. The second-order valence-corrected chi connectivity index (χ2v) is 6.71. The second-order valence-electron chi connectivity index (χ2n) is 6.71. The molecule has 0 radical (unpaired) electrons. The van der Waals surface area contributed by atoms with Gasteiger partial charge in [-0.2, -0.15) is 13.2 Å². The third kappa shape index (κ3) is 9.25. The largest absolute Gasteiger partial charge is 0.497 e. The minimum atomic E-state index is -4.47. The van der Waals surface area contributed by atoms with E-state index in [0.717, 1.165) is 31.9 Å². The number of hydrogen-bond acceptors (Lipinski definition) is 4. The zero-order valence-electron chi connectivity index (χ0n) is 17.4. The van der Waals surface area contributed by atoms with Crippen LogP contribution in [0.3, 0.4) is 0 Å². The lowest BCUT2D eigenvalue weighted by Gasteiger charge is -2.15. The summed E-state index contributed by atoms with van der Waals surface area (Å²) in [6, 6.07) is 3.90. The number of hydrogen-bond donors (Lipinski definition) is 2. The Morgan fingerprint density at radius 1 is 1.30 bits per heavy atom. The lowest BCUT2D eigenvalue weighted by Crippen LogP contribution is -2.38. The Hall–Kier alpha value is -1.27. The maximum absolute atomic E-state index is 13.3. The predicted molar refractivity (Wildman–Crippen MR) is 121 cm³/mol. The molecule has 1 aromatic rings. The molecule has 1 unspecified atom stereocenters. The molecule has 0 aliphatic carbocycles. The molecule has 6 nitrogen and oxygen atoms in total. The molecule has 10 heteroatoms. The summed E-state index contributed by atoms with van der Waals surface area (Å²) >= 11 is 0. The van der Waals surface area contributed by atoms with Crippen molar-refractivity contribution in [3.63, 3.8) is 0 Å². The van der Waals surface area contributed by atoms with Gasteiger partial charge in [0.15, 0.2) is 5.96 Å². The summed E-state index contributed by atoms with van der Waals surface area (Å²) in [5.41, 5.74) is -0.644. The van der Waals surface area contributed by atoms with Gasteiger partial charge < -0.3 is 24.8 Å². The lowest BCUT2D eigenvalue weighted by atomic mass is 10.1. The molecule has 1 aliphatic rings. The average molecular weight is 545 g/mol. The van der Waals surface area contributed by atoms with Crippen LogP contribution in [-0.2, 0) is 22.2 Å². The van der Waals surface area contributed by atoms with E-state index in [1.807, 2.05) is 6.92 Å². The molecule has 0 saturated carbocycles. The molecule has 1 atom stereocenters. The van der Waals surface area contributed by atoms with Crippen molar-refractivity contribution in [3.8, 4) is 5.75 Å². The van der Waals surface area contributed by atoms with Crippen molar-refractivity contribution in [3.05, 3.63) is 29.3 Å². The van der Waals surface area contributed by atoms with Crippen LogP contribution < -0.4 is 15.4 Å². The monoisotopic (exact) mass is 545 g/mol. The number of methoxy groups -OCH3 is 1. The molecule has 2 N–H and O–H groups in total. The Morgan fingerprint density at radius 2 is 2.10 bits per heavy atom. The van der Waals surface area contributed by atoms with Crippen molar-refractivity contribution in [2.24, 2.45) is 4.99 Å². The van der Waals surface area contributed by atoms with Crippen LogP contribution in [0.15, 0.2) is 23.2 Å². The molecular weight excluding hydrogens is 514 g/mol. The number of rotatable bonds is 10. The van der Waals surface area contributed by atoms with Crippen molar-refractivity contribution >= 4 is 29.9 Å². The van der Waals surface area contributed by atoms with Crippen LogP contribution in [0.1, 0.15) is 37.3 Å². The number of alkyl halides is 3. The first-order chi connectivity index (χ1) is 13.9. The molecule has 1 fully saturated rings. The zero-order valence-corrected chi connectivity index (χ0v) is 19.7. The van der Waals surface area contributed by atoms with Crippen LogP contribution in [-0.4, -0.2) is 52.1 Å². The molecule has 30 heavy (non-hydrogen) atoms. The van der Waals surface area contributed by atoms with E-state index < -0.39 is 11.7 Å². The molecule has 0 spiro atoms. The third-order valence-corrected chi connectivity index (χ3v) is 4.46. The molecule has 1 heterocycles. The quantitative estimate of drug-likeness (QED) is 0.202. The van der Waals surface area contributed by atoms with Crippen LogP contribution in [0, 0.1) is 0 Å². The van der Waals surface area contributed by atoms with Crippen LogP contribution in [0.2, 0.25) is 0 Å². The maximum atomic E-state index is 13.3. The minimum Gasteiger partial charge on any atom is -0.497 e. The summed E-state index contributed by atoms with van der Waals surface area (Å²) in [4.78, 5) is 4.29. The second kappa shape index (κ2) is 13.9. The summed E-state index contributed by atoms with van der Waals surface area (Å²) in [5, 5.41) is 6.16. The van der Waals surface area contributed by atoms with E-state index in [-0.39, 0.29) is 47.9 Å². The SMILES string of the molecule is CCNC(=NCc1ccc(OC)cc1C(F)(F)F)NCCCOCC1CCCO1.I. The Bertz CT molecular complexity index is 654. The van der Waals surface area contributed by atoms with E-state index in [1.54, 1.807) is 0 Å². The van der Waals surface area contributed by atoms with Gasteiger partial charge >= 0.3 is 6.18 Å². The molecule has 1 saturated heterocycles. The Balaban J connectivity index is 0.00000450. The first kappa shape index (κ1) is 26.8. The highest BCUT2D eigenvalue weighted by atomic mass is 127. The molecule has 1 aromatic carbocycles. The summed E-state index contributed by atoms with van der Waals surface area (Å²) in [7, 11) is 1.34. The molecular formula is C20H31F3IN3O3. The lowest BCUT2D eigenvalue weighted by molar-refractivity contribution is -0.138. The average Bonchev–Trinajstić information content (AvgIpc) is 3.21. The fraction of sp³-hybridized carbons (Fsp3) is 0.650. The highest BCUT2D eigenvalue weighted by molar-refractivity contribution is 14.0. The molecule has 1 aliphatic heterocycles. The van der Waals surface area contributed by atoms with Crippen molar-refractivity contribution in [2.45, 2.75) is 45.0 Å². The highest BCUT2D eigenvalue weighted by Crippen LogP contribution is 2.34. The van der Waals surface area contributed by atoms with Crippen molar-refractivity contribution < 1.29 is 27.4 Å². The van der Waals surface area contributed by atoms with Crippen molar-refractivity contribution in [1.29, 1.82) is 0 Å². The van der Waals surface area contributed by atoms with E-state index in [1.165, 1.54) is 19.2 Å².